The fourth-order valence-corrected chi connectivity index (χ4v) is 4.77. The molecule has 4 rings (SSSR count). The standard InChI is InChI=1S/C25H36N6O/c1-6-25(4,5)31-22(27-28-29-31)16-30(21-10-8-7-9-11-21)15-20-14-19-13-12-17(2)18(3)23(19)26-24(20)32/h12-14,21H,6-11,15-16H2,1-5H3,(H,26,32). The highest BCUT2D eigenvalue weighted by Crippen LogP contribution is 2.27. The predicted octanol–water partition coefficient (Wildman–Crippen LogP) is 4.61. The third kappa shape index (κ3) is 4.49. The zero-order chi connectivity index (χ0) is 22.9. The van der Waals surface area contributed by atoms with Gasteiger partial charge in [-0.15, -0.1) is 5.10 Å². The molecule has 1 N–H and O–H groups in total. The van der Waals surface area contributed by atoms with Crippen LogP contribution in [0.15, 0.2) is 23.0 Å². The van der Waals surface area contributed by atoms with Gasteiger partial charge < -0.3 is 4.98 Å². The van der Waals surface area contributed by atoms with Gasteiger partial charge in [0.2, 0.25) is 0 Å². The van der Waals surface area contributed by atoms with Gasteiger partial charge >= 0.3 is 0 Å². The first-order valence-electron chi connectivity index (χ1n) is 11.9. The fraction of sp³-hybridized carbons (Fsp3) is 0.600. The van der Waals surface area contributed by atoms with Crippen molar-refractivity contribution in [3.8, 4) is 0 Å². The molecule has 0 unspecified atom stereocenters. The lowest BCUT2D eigenvalue weighted by atomic mass is 9.93. The molecule has 2 aromatic heterocycles. The molecule has 7 nitrogen and oxygen atoms in total. The number of hydrogen-bond donors (Lipinski definition) is 1. The second-order valence-corrected chi connectivity index (χ2v) is 9.97. The second-order valence-electron chi connectivity index (χ2n) is 9.97. The Balaban J connectivity index is 1.68. The summed E-state index contributed by atoms with van der Waals surface area (Å²) < 4.78 is 1.96. The molecule has 1 aliphatic rings. The third-order valence-electron chi connectivity index (χ3n) is 7.41. The van der Waals surface area contributed by atoms with Crippen LogP contribution in [-0.4, -0.2) is 36.1 Å². The SMILES string of the molecule is CCC(C)(C)n1nnnc1CN(Cc1cc2ccc(C)c(C)c2[nH]c1=O)C1CCCCC1. The normalized spacial score (nSPS) is 15.7. The van der Waals surface area contributed by atoms with Crippen molar-refractivity contribution in [2.45, 2.75) is 97.8 Å². The van der Waals surface area contributed by atoms with E-state index >= 15 is 0 Å². The summed E-state index contributed by atoms with van der Waals surface area (Å²) in [5.74, 6) is 0.867. The number of fused-ring (bicyclic) bond motifs is 1. The van der Waals surface area contributed by atoms with Crippen LogP contribution in [0.25, 0.3) is 10.9 Å². The number of pyridine rings is 1. The molecule has 32 heavy (non-hydrogen) atoms. The van der Waals surface area contributed by atoms with Gasteiger partial charge in [-0.05, 0) is 80.0 Å². The summed E-state index contributed by atoms with van der Waals surface area (Å²) in [7, 11) is 0. The highest BCUT2D eigenvalue weighted by Gasteiger charge is 2.28. The minimum absolute atomic E-state index is 0.000453. The van der Waals surface area contributed by atoms with Crippen LogP contribution in [0.5, 0.6) is 0 Å². The third-order valence-corrected chi connectivity index (χ3v) is 7.41. The Morgan fingerprint density at radius 1 is 1.16 bits per heavy atom. The van der Waals surface area contributed by atoms with Crippen LogP contribution >= 0.6 is 0 Å². The van der Waals surface area contributed by atoms with E-state index in [2.05, 4.69) is 78.2 Å². The number of aryl methyl sites for hydroxylation is 2. The van der Waals surface area contributed by atoms with Gasteiger partial charge in [0.1, 0.15) is 0 Å². The molecule has 1 aromatic carbocycles. The van der Waals surface area contributed by atoms with Gasteiger partial charge in [0.25, 0.3) is 5.56 Å². The van der Waals surface area contributed by atoms with E-state index in [1.165, 1.54) is 24.8 Å². The van der Waals surface area contributed by atoms with Gasteiger partial charge in [0, 0.05) is 18.2 Å². The molecule has 2 heterocycles. The first kappa shape index (κ1) is 22.6. The van der Waals surface area contributed by atoms with Crippen molar-refractivity contribution in [3.05, 3.63) is 51.1 Å². The van der Waals surface area contributed by atoms with Crippen LogP contribution in [0.2, 0.25) is 0 Å². The van der Waals surface area contributed by atoms with E-state index in [9.17, 15) is 4.79 Å². The molecule has 0 spiro atoms. The van der Waals surface area contributed by atoms with E-state index in [-0.39, 0.29) is 11.1 Å². The van der Waals surface area contributed by atoms with Crippen LogP contribution in [0, 0.1) is 13.8 Å². The van der Waals surface area contributed by atoms with Gasteiger partial charge in [-0.2, -0.15) is 0 Å². The molecule has 7 heteroatoms. The zero-order valence-corrected chi connectivity index (χ0v) is 20.1. The van der Waals surface area contributed by atoms with E-state index in [1.54, 1.807) is 0 Å². The summed E-state index contributed by atoms with van der Waals surface area (Å²) in [6.45, 7) is 11.9. The van der Waals surface area contributed by atoms with Crippen LogP contribution in [0.4, 0.5) is 0 Å². The maximum absolute atomic E-state index is 13.1. The fourth-order valence-electron chi connectivity index (χ4n) is 4.77. The predicted molar refractivity (Wildman–Crippen MR) is 128 cm³/mol. The van der Waals surface area contributed by atoms with Gasteiger partial charge in [-0.3, -0.25) is 9.69 Å². The van der Waals surface area contributed by atoms with E-state index < -0.39 is 0 Å². The molecule has 0 radical (unpaired) electrons. The average molecular weight is 437 g/mol. The van der Waals surface area contributed by atoms with Crippen molar-refractivity contribution in [1.29, 1.82) is 0 Å². The van der Waals surface area contributed by atoms with E-state index in [0.29, 0.717) is 19.1 Å². The van der Waals surface area contributed by atoms with E-state index in [4.69, 9.17) is 0 Å². The number of tetrazole rings is 1. The van der Waals surface area contributed by atoms with Crippen LogP contribution in [0.3, 0.4) is 0 Å². The Labute approximate surface area is 190 Å². The molecule has 1 aliphatic carbocycles. The number of aromatic amines is 1. The van der Waals surface area contributed by atoms with E-state index in [0.717, 1.165) is 47.1 Å². The molecule has 0 bridgehead atoms. The molecule has 0 aliphatic heterocycles. The molecule has 0 atom stereocenters. The van der Waals surface area contributed by atoms with Crippen molar-refractivity contribution in [3.63, 3.8) is 0 Å². The highest BCUT2D eigenvalue weighted by molar-refractivity contribution is 5.83. The molecule has 172 valence electrons. The first-order valence-corrected chi connectivity index (χ1v) is 11.9. The summed E-state index contributed by atoms with van der Waals surface area (Å²) in [5.41, 5.74) is 3.93. The summed E-state index contributed by atoms with van der Waals surface area (Å²) in [6, 6.07) is 6.73. The van der Waals surface area contributed by atoms with Gasteiger partial charge in [-0.25, -0.2) is 4.68 Å². The number of aromatic nitrogens is 5. The Bertz CT molecular complexity index is 1140. The maximum Gasteiger partial charge on any atom is 0.252 e. The van der Waals surface area contributed by atoms with E-state index in [1.807, 2.05) is 4.68 Å². The number of hydrogen-bond acceptors (Lipinski definition) is 5. The lowest BCUT2D eigenvalue weighted by molar-refractivity contribution is 0.129. The highest BCUT2D eigenvalue weighted by atomic mass is 16.1. The summed E-state index contributed by atoms with van der Waals surface area (Å²) in [4.78, 5) is 18.6. The average Bonchev–Trinajstić information content (AvgIpc) is 3.27. The number of benzene rings is 1. The largest absolute Gasteiger partial charge is 0.321 e. The van der Waals surface area contributed by atoms with Crippen LogP contribution in [0.1, 0.15) is 81.8 Å². The number of nitrogens with zero attached hydrogens (tertiary/aromatic N) is 5. The van der Waals surface area contributed by atoms with Crippen LogP contribution < -0.4 is 5.56 Å². The van der Waals surface area contributed by atoms with Crippen molar-refractivity contribution < 1.29 is 0 Å². The van der Waals surface area contributed by atoms with Crippen molar-refractivity contribution in [2.75, 3.05) is 0 Å². The molecule has 0 saturated heterocycles. The topological polar surface area (TPSA) is 79.7 Å². The monoisotopic (exact) mass is 436 g/mol. The minimum atomic E-state index is -0.146. The second kappa shape index (κ2) is 9.14. The molecular weight excluding hydrogens is 400 g/mol. The van der Waals surface area contributed by atoms with Gasteiger partial charge in [0.05, 0.1) is 17.6 Å². The Morgan fingerprint density at radius 3 is 2.62 bits per heavy atom. The number of nitrogens with one attached hydrogen (secondary N) is 1. The lowest BCUT2D eigenvalue weighted by Crippen LogP contribution is -2.39. The Hall–Kier alpha value is -2.54. The molecule has 1 saturated carbocycles. The molecule has 0 amide bonds. The summed E-state index contributed by atoms with van der Waals surface area (Å²) in [6.07, 6.45) is 7.01. The quantitative estimate of drug-likeness (QED) is 0.585. The molecular formula is C25H36N6O. The van der Waals surface area contributed by atoms with Crippen molar-refractivity contribution >= 4 is 10.9 Å². The zero-order valence-electron chi connectivity index (χ0n) is 20.1. The number of rotatable bonds is 7. The Morgan fingerprint density at radius 2 is 1.91 bits per heavy atom. The Kier molecular flexibility index (Phi) is 6.47. The number of H-pyrrole nitrogens is 1. The molecule has 1 fully saturated rings. The van der Waals surface area contributed by atoms with Crippen LogP contribution in [-0.2, 0) is 18.6 Å². The molecule has 3 aromatic rings. The van der Waals surface area contributed by atoms with Gasteiger partial charge in [-0.1, -0.05) is 38.3 Å². The smallest absolute Gasteiger partial charge is 0.252 e. The van der Waals surface area contributed by atoms with Gasteiger partial charge in [0.15, 0.2) is 5.82 Å². The first-order chi connectivity index (χ1) is 15.3. The van der Waals surface area contributed by atoms with Crippen molar-refractivity contribution in [2.24, 2.45) is 0 Å². The summed E-state index contributed by atoms with van der Waals surface area (Å²) >= 11 is 0. The summed E-state index contributed by atoms with van der Waals surface area (Å²) in [5, 5.41) is 13.7. The lowest BCUT2D eigenvalue weighted by Gasteiger charge is -2.34. The minimum Gasteiger partial charge on any atom is -0.321 e. The maximum atomic E-state index is 13.1. The van der Waals surface area contributed by atoms with Crippen molar-refractivity contribution in [1.82, 2.24) is 30.1 Å².